The van der Waals surface area contributed by atoms with E-state index < -0.39 is 0 Å². The molecule has 0 aliphatic heterocycles. The number of benzene rings is 1. The third-order valence-corrected chi connectivity index (χ3v) is 5.05. The highest BCUT2D eigenvalue weighted by molar-refractivity contribution is 5.53. The van der Waals surface area contributed by atoms with Crippen LogP contribution in [0.15, 0.2) is 18.2 Å². The van der Waals surface area contributed by atoms with Crippen molar-refractivity contribution in [3.05, 3.63) is 35.3 Å². The topological polar surface area (TPSA) is 56.7 Å². The molecule has 0 N–H and O–H groups in total. The van der Waals surface area contributed by atoms with Gasteiger partial charge in [-0.3, -0.25) is 0 Å². The summed E-state index contributed by atoms with van der Waals surface area (Å²) in [5.41, 5.74) is 1.92. The summed E-state index contributed by atoms with van der Waals surface area (Å²) < 4.78 is 16.5. The van der Waals surface area contributed by atoms with Crippen molar-refractivity contribution in [2.24, 2.45) is 5.92 Å². The van der Waals surface area contributed by atoms with Gasteiger partial charge in [-0.1, -0.05) is 6.92 Å². The minimum absolute atomic E-state index is 0.607. The van der Waals surface area contributed by atoms with Crippen LogP contribution in [0.4, 0.5) is 5.82 Å². The number of methoxy groups -OCH3 is 3. The Balaban J connectivity index is 1.93. The molecule has 1 aromatic heterocycles. The van der Waals surface area contributed by atoms with Gasteiger partial charge in [0.25, 0.3) is 0 Å². The fourth-order valence-corrected chi connectivity index (χ4v) is 3.48. The summed E-state index contributed by atoms with van der Waals surface area (Å²) in [6, 6.07) is 5.86. The number of anilines is 1. The van der Waals surface area contributed by atoms with Crippen molar-refractivity contribution in [1.29, 1.82) is 0 Å². The van der Waals surface area contributed by atoms with Gasteiger partial charge in [-0.15, -0.1) is 0 Å². The van der Waals surface area contributed by atoms with E-state index in [2.05, 4.69) is 22.9 Å². The smallest absolute Gasteiger partial charge is 0.132 e. The van der Waals surface area contributed by atoms with E-state index in [-0.39, 0.29) is 0 Å². The molecule has 152 valence electrons. The monoisotopic (exact) mass is 385 g/mol. The van der Waals surface area contributed by atoms with E-state index in [1.54, 1.807) is 21.3 Å². The number of hydrogen-bond acceptors (Lipinski definition) is 6. The number of hydrogen-bond donors (Lipinski definition) is 0. The van der Waals surface area contributed by atoms with E-state index in [4.69, 9.17) is 19.2 Å². The Morgan fingerprint density at radius 1 is 1.00 bits per heavy atom. The van der Waals surface area contributed by atoms with Crippen molar-refractivity contribution in [3.8, 4) is 17.2 Å². The van der Waals surface area contributed by atoms with Gasteiger partial charge in [-0.2, -0.15) is 0 Å². The molecule has 2 aromatic rings. The second-order valence-electron chi connectivity index (χ2n) is 7.34. The molecular weight excluding hydrogens is 354 g/mol. The van der Waals surface area contributed by atoms with E-state index in [0.717, 1.165) is 59.8 Å². The van der Waals surface area contributed by atoms with E-state index in [1.807, 2.05) is 19.1 Å². The van der Waals surface area contributed by atoms with Crippen LogP contribution in [-0.2, 0) is 6.42 Å². The van der Waals surface area contributed by atoms with Crippen LogP contribution in [0.3, 0.4) is 0 Å². The lowest BCUT2D eigenvalue weighted by atomic mass is 10.1. The first-order chi connectivity index (χ1) is 13.6. The quantitative estimate of drug-likeness (QED) is 0.615. The van der Waals surface area contributed by atoms with Crippen molar-refractivity contribution in [3.63, 3.8) is 0 Å². The molecule has 1 heterocycles. The predicted molar refractivity (Wildman–Crippen MR) is 111 cm³/mol. The Morgan fingerprint density at radius 3 is 2.21 bits per heavy atom. The molecule has 0 spiro atoms. The Hall–Kier alpha value is -2.50. The Kier molecular flexibility index (Phi) is 6.60. The summed E-state index contributed by atoms with van der Waals surface area (Å²) in [5, 5.41) is 0. The number of aromatic nitrogens is 2. The molecular formula is C22H31N3O3. The Morgan fingerprint density at radius 2 is 1.68 bits per heavy atom. The van der Waals surface area contributed by atoms with Crippen molar-refractivity contribution in [1.82, 2.24) is 9.97 Å². The third-order valence-electron chi connectivity index (χ3n) is 5.05. The molecule has 28 heavy (non-hydrogen) atoms. The second kappa shape index (κ2) is 9.13. The molecule has 0 radical (unpaired) electrons. The highest BCUT2D eigenvalue weighted by atomic mass is 16.5. The minimum atomic E-state index is 0.607. The molecule has 1 fully saturated rings. The minimum Gasteiger partial charge on any atom is -0.496 e. The van der Waals surface area contributed by atoms with E-state index >= 15 is 0 Å². The molecule has 3 rings (SSSR count). The van der Waals surface area contributed by atoms with Gasteiger partial charge in [0, 0.05) is 43.3 Å². The summed E-state index contributed by atoms with van der Waals surface area (Å²) in [7, 11) is 4.95. The standard InChI is InChI=1S/C22H31N3O3/c1-6-9-25(14-16-7-8-16)22-11-17(23-15(2)24-22)10-19-20(27-4)12-18(26-3)13-21(19)28-5/h11-13,16H,6-10,14H2,1-5H3. The zero-order valence-electron chi connectivity index (χ0n) is 17.6. The van der Waals surface area contributed by atoms with Crippen molar-refractivity contribution >= 4 is 5.82 Å². The Bertz CT molecular complexity index is 781. The van der Waals surface area contributed by atoms with Crippen LogP contribution in [0, 0.1) is 12.8 Å². The highest BCUT2D eigenvalue weighted by Gasteiger charge is 2.25. The van der Waals surface area contributed by atoms with Gasteiger partial charge in [-0.25, -0.2) is 9.97 Å². The average molecular weight is 386 g/mol. The first-order valence-electron chi connectivity index (χ1n) is 9.96. The Labute approximate surface area is 167 Å². The lowest BCUT2D eigenvalue weighted by Gasteiger charge is -2.24. The summed E-state index contributed by atoms with van der Waals surface area (Å²) in [6.07, 6.45) is 4.37. The van der Waals surface area contributed by atoms with Gasteiger partial charge in [0.15, 0.2) is 0 Å². The second-order valence-corrected chi connectivity index (χ2v) is 7.34. The normalized spacial score (nSPS) is 13.3. The predicted octanol–water partition coefficient (Wildman–Crippen LogP) is 4.03. The molecule has 0 atom stereocenters. The maximum absolute atomic E-state index is 5.60. The number of ether oxygens (including phenoxy) is 3. The fourth-order valence-electron chi connectivity index (χ4n) is 3.48. The van der Waals surface area contributed by atoms with Crippen LogP contribution in [0.25, 0.3) is 0 Å². The zero-order valence-corrected chi connectivity index (χ0v) is 17.6. The van der Waals surface area contributed by atoms with Crippen molar-refractivity contribution in [2.75, 3.05) is 39.3 Å². The van der Waals surface area contributed by atoms with E-state index in [1.165, 1.54) is 12.8 Å². The van der Waals surface area contributed by atoms with Gasteiger partial charge >= 0.3 is 0 Å². The molecule has 1 aliphatic rings. The first-order valence-corrected chi connectivity index (χ1v) is 9.96. The fraction of sp³-hybridized carbons (Fsp3) is 0.545. The highest BCUT2D eigenvalue weighted by Crippen LogP contribution is 2.36. The van der Waals surface area contributed by atoms with Crippen LogP contribution in [0.2, 0.25) is 0 Å². The molecule has 1 aliphatic carbocycles. The van der Waals surface area contributed by atoms with E-state index in [0.29, 0.717) is 12.2 Å². The molecule has 0 bridgehead atoms. The molecule has 6 heteroatoms. The summed E-state index contributed by atoms with van der Waals surface area (Å²) in [5.74, 6) is 4.79. The maximum atomic E-state index is 5.60. The number of rotatable bonds is 10. The largest absolute Gasteiger partial charge is 0.496 e. The molecule has 1 saturated carbocycles. The van der Waals surface area contributed by atoms with Crippen molar-refractivity contribution < 1.29 is 14.2 Å². The van der Waals surface area contributed by atoms with Crippen molar-refractivity contribution in [2.45, 2.75) is 39.5 Å². The average Bonchev–Trinajstić information content (AvgIpc) is 3.51. The van der Waals surface area contributed by atoms with Gasteiger partial charge in [0.2, 0.25) is 0 Å². The summed E-state index contributed by atoms with van der Waals surface area (Å²) in [6.45, 7) is 6.26. The van der Waals surface area contributed by atoms with Gasteiger partial charge in [0.05, 0.1) is 27.0 Å². The molecule has 6 nitrogen and oxygen atoms in total. The van der Waals surface area contributed by atoms with Gasteiger partial charge in [0.1, 0.15) is 28.9 Å². The molecule has 0 unspecified atom stereocenters. The molecule has 0 amide bonds. The van der Waals surface area contributed by atoms with Gasteiger partial charge in [-0.05, 0) is 32.1 Å². The summed E-state index contributed by atoms with van der Waals surface area (Å²) >= 11 is 0. The molecule has 0 saturated heterocycles. The number of aryl methyl sites for hydroxylation is 1. The van der Waals surface area contributed by atoms with Crippen LogP contribution in [-0.4, -0.2) is 44.4 Å². The number of nitrogens with zero attached hydrogens (tertiary/aromatic N) is 3. The van der Waals surface area contributed by atoms with Crippen LogP contribution in [0.5, 0.6) is 17.2 Å². The first kappa shape index (κ1) is 20.2. The van der Waals surface area contributed by atoms with Crippen LogP contribution < -0.4 is 19.1 Å². The molecule has 1 aromatic carbocycles. The lowest BCUT2D eigenvalue weighted by Crippen LogP contribution is -2.28. The van der Waals surface area contributed by atoms with Crippen LogP contribution >= 0.6 is 0 Å². The zero-order chi connectivity index (χ0) is 20.1. The maximum Gasteiger partial charge on any atom is 0.132 e. The lowest BCUT2D eigenvalue weighted by molar-refractivity contribution is 0.369. The summed E-state index contributed by atoms with van der Waals surface area (Å²) in [4.78, 5) is 11.8. The SMILES string of the molecule is CCCN(CC1CC1)c1cc(Cc2c(OC)cc(OC)cc2OC)nc(C)n1. The van der Waals surface area contributed by atoms with Gasteiger partial charge < -0.3 is 19.1 Å². The van der Waals surface area contributed by atoms with E-state index in [9.17, 15) is 0 Å². The third kappa shape index (κ3) is 4.86. The van der Waals surface area contributed by atoms with Crippen LogP contribution in [0.1, 0.15) is 43.3 Å².